The molecule has 4 atom stereocenters. The lowest BCUT2D eigenvalue weighted by Gasteiger charge is -2.21. The molecule has 170 valence electrons. The summed E-state index contributed by atoms with van der Waals surface area (Å²) in [5.41, 5.74) is 1.12. The number of aromatic nitrogens is 4. The molecule has 1 aliphatic heterocycles. The summed E-state index contributed by atoms with van der Waals surface area (Å²) in [6, 6.07) is 8.72. The fraction of sp³-hybridized carbons (Fsp3) is 0.400. The molecule has 3 heterocycles. The third kappa shape index (κ3) is 4.35. The predicted octanol–water partition coefficient (Wildman–Crippen LogP) is 3.63. The monoisotopic (exact) mass is 463 g/mol. The summed E-state index contributed by atoms with van der Waals surface area (Å²) in [4.78, 5) is 25.2. The fourth-order valence-electron chi connectivity index (χ4n) is 3.53. The summed E-state index contributed by atoms with van der Waals surface area (Å²) in [5.74, 6) is -0.120. The number of anilines is 1. The van der Waals surface area contributed by atoms with Crippen LogP contribution in [0.15, 0.2) is 43.0 Å². The maximum Gasteiger partial charge on any atom is 0.332 e. The van der Waals surface area contributed by atoms with Gasteiger partial charge in [0.25, 0.3) is 5.91 Å². The van der Waals surface area contributed by atoms with Crippen molar-refractivity contribution in [2.45, 2.75) is 38.0 Å². The largest absolute Gasteiger partial charge is 0.349 e. The first-order valence-corrected chi connectivity index (χ1v) is 11.1. The van der Waals surface area contributed by atoms with Crippen LogP contribution in [0.3, 0.4) is 0 Å². The van der Waals surface area contributed by atoms with Crippen molar-refractivity contribution < 1.29 is 27.5 Å². The van der Waals surface area contributed by atoms with Gasteiger partial charge in [-0.25, -0.2) is 19.3 Å². The van der Waals surface area contributed by atoms with E-state index in [0.29, 0.717) is 23.1 Å². The Morgan fingerprint density at radius 3 is 2.66 bits per heavy atom. The van der Waals surface area contributed by atoms with Crippen LogP contribution >= 0.6 is 8.60 Å². The number of fused-ring (bicyclic) bond motifs is 1. The zero-order valence-electron chi connectivity index (χ0n) is 17.7. The highest BCUT2D eigenvalue weighted by atomic mass is 31.2. The Bertz CT molecular complexity index is 1070. The van der Waals surface area contributed by atoms with Crippen LogP contribution in [-0.2, 0) is 18.3 Å². The molecule has 0 saturated carbocycles. The molecule has 0 radical (unpaired) electrons. The van der Waals surface area contributed by atoms with Crippen molar-refractivity contribution in [1.82, 2.24) is 19.5 Å². The second kappa shape index (κ2) is 9.93. The molecule has 3 aromatic rings. The Balaban J connectivity index is 1.60. The number of alkyl halides is 1. The number of nitrogens with one attached hydrogen (secondary N) is 1. The van der Waals surface area contributed by atoms with Gasteiger partial charge in [0.15, 0.2) is 29.4 Å². The molecule has 1 N–H and O–H groups in total. The van der Waals surface area contributed by atoms with E-state index in [0.717, 1.165) is 0 Å². The molecule has 4 unspecified atom stereocenters. The van der Waals surface area contributed by atoms with Crippen molar-refractivity contribution in [3.63, 3.8) is 0 Å². The maximum absolute atomic E-state index is 15.4. The molecule has 12 heteroatoms. The van der Waals surface area contributed by atoms with Crippen LogP contribution in [0.5, 0.6) is 0 Å². The molecule has 1 aliphatic rings. The number of carbonyl (C=O) groups excluding carboxylic acids is 1. The summed E-state index contributed by atoms with van der Waals surface area (Å²) in [5, 5.41) is 2.73. The SMILES string of the molecule is CCC1OC(n2cnc3c(NC(=O)c4ccccc4)ncnc32)C(F)C1OP(OC)OC. The van der Waals surface area contributed by atoms with Crippen molar-refractivity contribution in [3.05, 3.63) is 48.5 Å². The lowest BCUT2D eigenvalue weighted by atomic mass is 10.1. The normalized spacial score (nSPS) is 23.2. The van der Waals surface area contributed by atoms with Crippen molar-refractivity contribution in [2.75, 3.05) is 19.5 Å². The number of hydrogen-bond acceptors (Lipinski definition) is 8. The number of benzene rings is 1. The van der Waals surface area contributed by atoms with Gasteiger partial charge in [-0.2, -0.15) is 0 Å². The Morgan fingerprint density at radius 2 is 1.97 bits per heavy atom. The van der Waals surface area contributed by atoms with E-state index < -0.39 is 33.2 Å². The molecule has 1 fully saturated rings. The van der Waals surface area contributed by atoms with Crippen LogP contribution in [0.4, 0.5) is 10.2 Å². The highest BCUT2D eigenvalue weighted by Crippen LogP contribution is 2.46. The Hall–Kier alpha value is -2.56. The van der Waals surface area contributed by atoms with Crippen LogP contribution in [0.1, 0.15) is 29.9 Å². The number of nitrogens with zero attached hydrogens (tertiary/aromatic N) is 4. The fourth-order valence-corrected chi connectivity index (χ4v) is 4.30. The van der Waals surface area contributed by atoms with Gasteiger partial charge in [-0.05, 0) is 18.6 Å². The van der Waals surface area contributed by atoms with Gasteiger partial charge in [-0.1, -0.05) is 25.1 Å². The van der Waals surface area contributed by atoms with Crippen LogP contribution in [-0.4, -0.2) is 58.0 Å². The Labute approximate surface area is 185 Å². The molecule has 1 saturated heterocycles. The molecule has 10 nitrogen and oxygen atoms in total. The molecule has 4 rings (SSSR count). The van der Waals surface area contributed by atoms with Crippen LogP contribution in [0.2, 0.25) is 0 Å². The van der Waals surface area contributed by atoms with E-state index in [1.54, 1.807) is 24.3 Å². The zero-order valence-corrected chi connectivity index (χ0v) is 18.6. The predicted molar refractivity (Wildman–Crippen MR) is 115 cm³/mol. The molecule has 2 aromatic heterocycles. The number of halogens is 1. The van der Waals surface area contributed by atoms with Crippen molar-refractivity contribution >= 4 is 31.5 Å². The number of amides is 1. The topological polar surface area (TPSA) is 110 Å². The lowest BCUT2D eigenvalue weighted by Crippen LogP contribution is -2.30. The van der Waals surface area contributed by atoms with E-state index in [9.17, 15) is 4.79 Å². The second-order valence-electron chi connectivity index (χ2n) is 6.94. The average molecular weight is 463 g/mol. The highest BCUT2D eigenvalue weighted by Gasteiger charge is 2.48. The van der Waals surface area contributed by atoms with E-state index >= 15 is 4.39 Å². The molecule has 0 bridgehead atoms. The third-order valence-corrected chi connectivity index (χ3v) is 6.09. The minimum Gasteiger partial charge on any atom is -0.349 e. The minimum absolute atomic E-state index is 0.220. The molecule has 1 amide bonds. The lowest BCUT2D eigenvalue weighted by molar-refractivity contribution is -0.0230. The Morgan fingerprint density at radius 1 is 1.22 bits per heavy atom. The highest BCUT2D eigenvalue weighted by molar-refractivity contribution is 7.41. The van der Waals surface area contributed by atoms with E-state index in [1.165, 1.54) is 31.4 Å². The molecule has 1 aromatic carbocycles. The quantitative estimate of drug-likeness (QED) is 0.505. The first-order chi connectivity index (χ1) is 15.6. The van der Waals surface area contributed by atoms with Crippen LogP contribution < -0.4 is 5.32 Å². The summed E-state index contributed by atoms with van der Waals surface area (Å²) in [6.45, 7) is 1.88. The molecule has 32 heavy (non-hydrogen) atoms. The first-order valence-electron chi connectivity index (χ1n) is 9.96. The van der Waals surface area contributed by atoms with Gasteiger partial charge in [-0.3, -0.25) is 9.36 Å². The number of imidazole rings is 1. The van der Waals surface area contributed by atoms with Gasteiger partial charge < -0.3 is 23.6 Å². The number of hydrogen-bond donors (Lipinski definition) is 1. The van der Waals surface area contributed by atoms with Gasteiger partial charge in [0.1, 0.15) is 12.4 Å². The summed E-state index contributed by atoms with van der Waals surface area (Å²) >= 11 is 0. The number of ether oxygens (including phenoxy) is 1. The summed E-state index contributed by atoms with van der Waals surface area (Å²) < 4.78 is 38.8. The smallest absolute Gasteiger partial charge is 0.332 e. The number of carbonyl (C=O) groups is 1. The van der Waals surface area contributed by atoms with Gasteiger partial charge in [0, 0.05) is 19.8 Å². The van der Waals surface area contributed by atoms with Crippen LogP contribution in [0, 0.1) is 0 Å². The first kappa shape index (κ1) is 22.6. The maximum atomic E-state index is 15.4. The van der Waals surface area contributed by atoms with Crippen molar-refractivity contribution in [3.8, 4) is 0 Å². The summed E-state index contributed by atoms with van der Waals surface area (Å²) in [6.07, 6.45) is -0.714. The molecule has 0 aliphatic carbocycles. The molecular formula is C20H23FN5O5P. The van der Waals surface area contributed by atoms with Gasteiger partial charge >= 0.3 is 8.60 Å². The van der Waals surface area contributed by atoms with Gasteiger partial charge in [-0.15, -0.1) is 0 Å². The van der Waals surface area contributed by atoms with Crippen molar-refractivity contribution in [2.24, 2.45) is 0 Å². The van der Waals surface area contributed by atoms with Crippen molar-refractivity contribution in [1.29, 1.82) is 0 Å². The van der Waals surface area contributed by atoms with E-state index in [4.69, 9.17) is 18.3 Å². The standard InChI is InChI=1S/C20H23FN5O5P/c1-4-13-16(31-32(28-2)29-3)14(21)20(30-13)26-11-24-15-17(22-10-23-18(15)26)25-19(27)12-8-6-5-7-9-12/h5-11,13-14,16,20H,4H2,1-3H3,(H,22,23,25,27). The van der Waals surface area contributed by atoms with Gasteiger partial charge in [0.05, 0.1) is 12.4 Å². The van der Waals surface area contributed by atoms with Gasteiger partial charge in [0.2, 0.25) is 0 Å². The number of rotatable bonds is 8. The van der Waals surface area contributed by atoms with E-state index in [-0.39, 0.29) is 11.7 Å². The second-order valence-corrected chi connectivity index (χ2v) is 8.33. The Kier molecular flexibility index (Phi) is 7.02. The molecular weight excluding hydrogens is 440 g/mol. The van der Waals surface area contributed by atoms with E-state index in [2.05, 4.69) is 20.3 Å². The summed E-state index contributed by atoms with van der Waals surface area (Å²) in [7, 11) is 1.17. The average Bonchev–Trinajstić information content (AvgIpc) is 3.39. The van der Waals surface area contributed by atoms with Crippen LogP contribution in [0.25, 0.3) is 11.2 Å². The third-order valence-electron chi connectivity index (χ3n) is 5.08. The minimum atomic E-state index is -1.69. The molecule has 0 spiro atoms. The van der Waals surface area contributed by atoms with E-state index in [1.807, 2.05) is 13.0 Å². The zero-order chi connectivity index (χ0) is 22.7.